The van der Waals surface area contributed by atoms with Gasteiger partial charge in [0, 0.05) is 11.9 Å². The highest BCUT2D eigenvalue weighted by Crippen LogP contribution is 2.27. The Morgan fingerprint density at radius 1 is 1.36 bits per heavy atom. The summed E-state index contributed by atoms with van der Waals surface area (Å²) in [4.78, 5) is 18.6. The summed E-state index contributed by atoms with van der Waals surface area (Å²) in [6, 6.07) is 9.35. The van der Waals surface area contributed by atoms with Gasteiger partial charge in [-0.1, -0.05) is 6.07 Å². The first-order chi connectivity index (χ1) is 12.1. The normalized spacial score (nSPS) is 11.1. The van der Waals surface area contributed by atoms with Crippen molar-refractivity contribution in [2.24, 2.45) is 7.05 Å². The lowest BCUT2D eigenvalue weighted by molar-refractivity contribution is 0.0953. The van der Waals surface area contributed by atoms with E-state index in [-0.39, 0.29) is 5.91 Å². The van der Waals surface area contributed by atoms with Crippen LogP contribution in [-0.4, -0.2) is 20.7 Å². The zero-order valence-electron chi connectivity index (χ0n) is 13.8. The second-order valence-electron chi connectivity index (χ2n) is 5.70. The van der Waals surface area contributed by atoms with Gasteiger partial charge in [-0.2, -0.15) is 5.10 Å². The van der Waals surface area contributed by atoms with Crippen LogP contribution in [0.25, 0.3) is 22.5 Å². The highest BCUT2D eigenvalue weighted by molar-refractivity contribution is 7.09. The molecule has 0 aliphatic carbocycles. The van der Waals surface area contributed by atoms with Crippen molar-refractivity contribution < 1.29 is 9.21 Å². The first kappa shape index (κ1) is 15.6. The zero-order chi connectivity index (χ0) is 17.4. The summed E-state index contributed by atoms with van der Waals surface area (Å²) < 4.78 is 7.13. The van der Waals surface area contributed by atoms with Crippen LogP contribution < -0.4 is 5.32 Å². The Kier molecular flexibility index (Phi) is 3.85. The van der Waals surface area contributed by atoms with Crippen LogP contribution in [-0.2, 0) is 13.6 Å². The van der Waals surface area contributed by atoms with Gasteiger partial charge in [0.05, 0.1) is 29.5 Å². The number of hydrogen-bond acceptors (Lipinski definition) is 5. The smallest absolute Gasteiger partial charge is 0.252 e. The van der Waals surface area contributed by atoms with E-state index >= 15 is 0 Å². The number of carbonyl (C=O) groups is 1. The van der Waals surface area contributed by atoms with Crippen molar-refractivity contribution in [2.45, 2.75) is 13.5 Å². The van der Waals surface area contributed by atoms with Crippen LogP contribution >= 0.6 is 11.3 Å². The zero-order valence-corrected chi connectivity index (χ0v) is 14.6. The highest BCUT2D eigenvalue weighted by Gasteiger charge is 2.20. The van der Waals surface area contributed by atoms with Crippen molar-refractivity contribution in [2.75, 3.05) is 0 Å². The molecule has 1 amide bonds. The molecular formula is C18H16N4O2S. The van der Waals surface area contributed by atoms with Gasteiger partial charge in [-0.3, -0.25) is 9.48 Å². The molecule has 0 radical (unpaired) electrons. The predicted octanol–water partition coefficient (Wildman–Crippen LogP) is 3.53. The Bertz CT molecular complexity index is 1030. The minimum Gasteiger partial charge on any atom is -0.463 e. The van der Waals surface area contributed by atoms with Crippen LogP contribution in [0.2, 0.25) is 0 Å². The van der Waals surface area contributed by atoms with Crippen LogP contribution in [0.5, 0.6) is 0 Å². The Morgan fingerprint density at radius 2 is 2.24 bits per heavy atom. The molecule has 4 aromatic heterocycles. The first-order valence-electron chi connectivity index (χ1n) is 7.82. The number of thiophene rings is 1. The molecule has 126 valence electrons. The van der Waals surface area contributed by atoms with Gasteiger partial charge in [-0.05, 0) is 36.6 Å². The summed E-state index contributed by atoms with van der Waals surface area (Å²) in [5, 5.41) is 10.1. The van der Waals surface area contributed by atoms with Crippen LogP contribution in [0.1, 0.15) is 20.9 Å². The number of fused-ring (bicyclic) bond motifs is 1. The molecule has 4 aromatic rings. The second-order valence-corrected chi connectivity index (χ2v) is 6.73. The first-order valence-corrected chi connectivity index (χ1v) is 8.70. The molecule has 0 spiro atoms. The Balaban J connectivity index is 1.79. The summed E-state index contributed by atoms with van der Waals surface area (Å²) in [6.45, 7) is 2.38. The van der Waals surface area contributed by atoms with E-state index in [1.165, 1.54) is 0 Å². The Hall–Kier alpha value is -2.93. The summed E-state index contributed by atoms with van der Waals surface area (Å²) in [5.41, 5.74) is 2.60. The third-order valence-corrected chi connectivity index (χ3v) is 4.87. The standard InChI is InChI=1S/C18H16N4O2S/c1-11-16-13(18(23)19-10-12-5-4-8-25-12)9-14(15-6-3-7-24-15)20-17(16)22(2)21-11/h3-9H,10H2,1-2H3,(H,19,23). The highest BCUT2D eigenvalue weighted by atomic mass is 32.1. The number of pyridine rings is 1. The molecule has 7 heteroatoms. The fourth-order valence-electron chi connectivity index (χ4n) is 2.85. The quantitative estimate of drug-likeness (QED) is 0.610. The molecule has 0 fully saturated rings. The van der Waals surface area contributed by atoms with Gasteiger partial charge < -0.3 is 9.73 Å². The summed E-state index contributed by atoms with van der Waals surface area (Å²) in [7, 11) is 1.82. The molecule has 0 aliphatic heterocycles. The number of furan rings is 1. The molecule has 4 heterocycles. The van der Waals surface area contributed by atoms with E-state index in [9.17, 15) is 4.79 Å². The van der Waals surface area contributed by atoms with E-state index in [0.29, 0.717) is 29.2 Å². The summed E-state index contributed by atoms with van der Waals surface area (Å²) in [5.74, 6) is 0.470. The lowest BCUT2D eigenvalue weighted by Crippen LogP contribution is -2.23. The molecule has 0 atom stereocenters. The SMILES string of the molecule is Cc1nn(C)c2nc(-c3ccco3)cc(C(=O)NCc3cccs3)c12. The fourth-order valence-corrected chi connectivity index (χ4v) is 3.49. The van der Waals surface area contributed by atoms with Gasteiger partial charge in [0.1, 0.15) is 5.69 Å². The predicted molar refractivity (Wildman–Crippen MR) is 96.4 cm³/mol. The maximum absolute atomic E-state index is 12.8. The Morgan fingerprint density at radius 3 is 2.96 bits per heavy atom. The molecule has 0 unspecified atom stereocenters. The minimum atomic E-state index is -0.148. The van der Waals surface area contributed by atoms with Crippen LogP contribution in [0.3, 0.4) is 0 Å². The molecular weight excluding hydrogens is 336 g/mol. The second kappa shape index (κ2) is 6.18. The van der Waals surface area contributed by atoms with Crippen LogP contribution in [0.15, 0.2) is 46.4 Å². The van der Waals surface area contributed by atoms with Crippen molar-refractivity contribution in [3.63, 3.8) is 0 Å². The number of amides is 1. The fraction of sp³-hybridized carbons (Fsp3) is 0.167. The van der Waals surface area contributed by atoms with Crippen molar-refractivity contribution in [3.8, 4) is 11.5 Å². The van der Waals surface area contributed by atoms with E-state index < -0.39 is 0 Å². The van der Waals surface area contributed by atoms with Gasteiger partial charge in [-0.15, -0.1) is 11.3 Å². The molecule has 0 aliphatic rings. The Labute approximate surface area is 148 Å². The van der Waals surface area contributed by atoms with E-state index in [1.807, 2.05) is 37.6 Å². The molecule has 0 saturated heterocycles. The van der Waals surface area contributed by atoms with Crippen LogP contribution in [0, 0.1) is 6.92 Å². The number of nitrogens with one attached hydrogen (secondary N) is 1. The largest absolute Gasteiger partial charge is 0.463 e. The van der Waals surface area contributed by atoms with Crippen LogP contribution in [0.4, 0.5) is 0 Å². The van der Waals surface area contributed by atoms with Crippen molar-refractivity contribution >= 4 is 28.3 Å². The summed E-state index contributed by atoms with van der Waals surface area (Å²) in [6.07, 6.45) is 1.59. The molecule has 0 saturated carbocycles. The molecule has 0 bridgehead atoms. The van der Waals surface area contributed by atoms with Crippen molar-refractivity contribution in [3.05, 3.63) is 58.1 Å². The topological polar surface area (TPSA) is 73.0 Å². The van der Waals surface area contributed by atoms with Crippen molar-refractivity contribution in [1.29, 1.82) is 0 Å². The number of rotatable bonds is 4. The number of carbonyl (C=O) groups excluding carboxylic acids is 1. The van der Waals surface area contributed by atoms with Gasteiger partial charge in [-0.25, -0.2) is 4.98 Å². The molecule has 0 aromatic carbocycles. The van der Waals surface area contributed by atoms with Crippen molar-refractivity contribution in [1.82, 2.24) is 20.1 Å². The minimum absolute atomic E-state index is 0.148. The van der Waals surface area contributed by atoms with Gasteiger partial charge in [0.25, 0.3) is 5.91 Å². The lowest BCUT2D eigenvalue weighted by atomic mass is 10.1. The maximum atomic E-state index is 12.8. The number of nitrogens with zero attached hydrogens (tertiary/aromatic N) is 3. The molecule has 25 heavy (non-hydrogen) atoms. The van der Waals surface area contributed by atoms with E-state index in [2.05, 4.69) is 15.4 Å². The van der Waals surface area contributed by atoms with Gasteiger partial charge in [0.2, 0.25) is 0 Å². The lowest BCUT2D eigenvalue weighted by Gasteiger charge is -2.08. The van der Waals surface area contributed by atoms with Gasteiger partial charge in [0.15, 0.2) is 11.4 Å². The number of hydrogen-bond donors (Lipinski definition) is 1. The molecule has 1 N–H and O–H groups in total. The number of aryl methyl sites for hydroxylation is 2. The third kappa shape index (κ3) is 2.83. The summed E-state index contributed by atoms with van der Waals surface area (Å²) >= 11 is 1.61. The van der Waals surface area contributed by atoms with E-state index in [1.54, 1.807) is 34.4 Å². The number of aromatic nitrogens is 3. The molecule has 6 nitrogen and oxygen atoms in total. The average Bonchev–Trinajstić information content (AvgIpc) is 3.35. The monoisotopic (exact) mass is 352 g/mol. The third-order valence-electron chi connectivity index (χ3n) is 3.99. The van der Waals surface area contributed by atoms with E-state index in [4.69, 9.17) is 4.42 Å². The average molecular weight is 352 g/mol. The van der Waals surface area contributed by atoms with E-state index in [0.717, 1.165) is 16.0 Å². The maximum Gasteiger partial charge on any atom is 0.252 e. The van der Waals surface area contributed by atoms with Gasteiger partial charge >= 0.3 is 0 Å². The molecule has 4 rings (SSSR count).